The summed E-state index contributed by atoms with van der Waals surface area (Å²) in [6.45, 7) is 1.96. The van der Waals surface area contributed by atoms with E-state index < -0.39 is 23.5 Å². The van der Waals surface area contributed by atoms with Gasteiger partial charge in [0.25, 0.3) is 5.91 Å². The Hall–Kier alpha value is -2.86. The lowest BCUT2D eigenvalue weighted by atomic mass is 10.1. The Balaban J connectivity index is 1.54. The van der Waals surface area contributed by atoms with Crippen LogP contribution in [0.5, 0.6) is 0 Å². The van der Waals surface area contributed by atoms with Crippen molar-refractivity contribution in [3.63, 3.8) is 0 Å². The first-order chi connectivity index (χ1) is 13.8. The third kappa shape index (κ3) is 4.12. The molecule has 1 atom stereocenters. The van der Waals surface area contributed by atoms with Crippen molar-refractivity contribution >= 4 is 17.4 Å². The number of hydrazine groups is 1. The number of fused-ring (bicyclic) bond motifs is 1. The van der Waals surface area contributed by atoms with E-state index in [-0.39, 0.29) is 18.2 Å². The minimum atomic E-state index is -4.67. The van der Waals surface area contributed by atoms with Crippen molar-refractivity contribution in [2.45, 2.75) is 25.1 Å². The van der Waals surface area contributed by atoms with Crippen LogP contribution in [0, 0.1) is 0 Å². The van der Waals surface area contributed by atoms with Gasteiger partial charge in [0.1, 0.15) is 5.84 Å². The van der Waals surface area contributed by atoms with E-state index in [0.717, 1.165) is 36.8 Å². The number of halogens is 3. The molecule has 3 aliphatic heterocycles. The number of hydrogen-bond acceptors (Lipinski definition) is 7. The first-order valence-corrected chi connectivity index (χ1v) is 9.23. The summed E-state index contributed by atoms with van der Waals surface area (Å²) in [5.41, 5.74) is 1.69. The number of aryl methyl sites for hydroxylation is 1. The number of aliphatic imine (C=N–C) groups is 1. The Morgan fingerprint density at radius 2 is 2.21 bits per heavy atom. The average molecular weight is 410 g/mol. The molecule has 0 spiro atoms. The highest BCUT2D eigenvalue weighted by Gasteiger charge is 2.38. The third-order valence-electron chi connectivity index (χ3n) is 4.80. The molecular weight excluding hydrogens is 389 g/mol. The standard InChI is InChI=1S/C17H21F3N8O/c1-27-9-12(14(26-27)17(18,19)20)24-16(29)11-8-22-28-6-4-13(25-15(11)28)23-10-3-2-5-21-7-10/h4,6,9-10,21-22H,2-3,5,7-8H2,1H3,(H,23,25)(H,24,29)/t10-/m0/s1. The smallest absolute Gasteiger partial charge is 0.366 e. The van der Waals surface area contributed by atoms with Crippen molar-refractivity contribution in [2.24, 2.45) is 12.0 Å². The number of nitrogens with one attached hydrogen (secondary N) is 4. The maximum Gasteiger partial charge on any atom is 0.437 e. The predicted molar refractivity (Wildman–Crippen MR) is 99.3 cm³/mol. The molecule has 0 bridgehead atoms. The number of nitrogens with zero attached hydrogens (tertiary/aromatic N) is 4. The lowest BCUT2D eigenvalue weighted by molar-refractivity contribution is -0.140. The van der Waals surface area contributed by atoms with Gasteiger partial charge in [-0.15, -0.1) is 0 Å². The van der Waals surface area contributed by atoms with Crippen molar-refractivity contribution in [3.05, 3.63) is 35.6 Å². The summed E-state index contributed by atoms with van der Waals surface area (Å²) in [7, 11) is 1.36. The van der Waals surface area contributed by atoms with Gasteiger partial charge >= 0.3 is 6.18 Å². The van der Waals surface area contributed by atoms with Crippen LogP contribution in [0.1, 0.15) is 18.5 Å². The summed E-state index contributed by atoms with van der Waals surface area (Å²) >= 11 is 0. The van der Waals surface area contributed by atoms with Crippen LogP contribution in [0.25, 0.3) is 0 Å². The normalized spacial score (nSPS) is 21.9. The van der Waals surface area contributed by atoms with E-state index in [1.165, 1.54) is 7.05 Å². The Morgan fingerprint density at radius 1 is 1.38 bits per heavy atom. The Morgan fingerprint density at radius 3 is 2.93 bits per heavy atom. The van der Waals surface area contributed by atoms with Crippen LogP contribution in [0.15, 0.2) is 34.9 Å². The van der Waals surface area contributed by atoms with Crippen molar-refractivity contribution in [1.29, 1.82) is 0 Å². The summed E-state index contributed by atoms with van der Waals surface area (Å²) in [5, 5.41) is 13.9. The molecule has 1 aromatic heterocycles. The zero-order valence-corrected chi connectivity index (χ0v) is 15.7. The van der Waals surface area contributed by atoms with Crippen LogP contribution < -0.4 is 21.4 Å². The van der Waals surface area contributed by atoms with Gasteiger partial charge in [0.05, 0.1) is 11.3 Å². The zero-order chi connectivity index (χ0) is 20.6. The highest BCUT2D eigenvalue weighted by molar-refractivity contribution is 6.06. The lowest BCUT2D eigenvalue weighted by Crippen LogP contribution is -2.46. The molecule has 29 heavy (non-hydrogen) atoms. The summed E-state index contributed by atoms with van der Waals surface area (Å²) < 4.78 is 40.4. The minimum absolute atomic E-state index is 0.148. The molecule has 4 rings (SSSR count). The number of piperidine rings is 1. The zero-order valence-electron chi connectivity index (χ0n) is 15.7. The average Bonchev–Trinajstić information content (AvgIpc) is 3.25. The lowest BCUT2D eigenvalue weighted by Gasteiger charge is -2.26. The van der Waals surface area contributed by atoms with E-state index in [1.54, 1.807) is 17.3 Å². The molecule has 12 heteroatoms. The van der Waals surface area contributed by atoms with Gasteiger partial charge in [-0.05, 0) is 25.5 Å². The van der Waals surface area contributed by atoms with Crippen molar-refractivity contribution in [2.75, 3.05) is 25.0 Å². The number of amides is 1. The van der Waals surface area contributed by atoms with Crippen molar-refractivity contribution in [3.8, 4) is 0 Å². The summed E-state index contributed by atoms with van der Waals surface area (Å²) in [6.07, 6.45) is 2.04. The van der Waals surface area contributed by atoms with Crippen LogP contribution in [-0.4, -0.2) is 52.2 Å². The molecule has 1 fully saturated rings. The first kappa shape index (κ1) is 19.5. The van der Waals surface area contributed by atoms with Gasteiger partial charge in [-0.1, -0.05) is 0 Å². The van der Waals surface area contributed by atoms with E-state index in [1.807, 2.05) is 0 Å². The number of carbonyl (C=O) groups excluding carboxylic acids is 1. The van der Waals surface area contributed by atoms with Crippen LogP contribution in [0.2, 0.25) is 0 Å². The maximum absolute atomic E-state index is 13.1. The molecule has 4 heterocycles. The fourth-order valence-electron chi connectivity index (χ4n) is 3.44. The first-order valence-electron chi connectivity index (χ1n) is 9.23. The molecule has 1 aromatic rings. The maximum atomic E-state index is 13.1. The number of amidine groups is 1. The second-order valence-corrected chi connectivity index (χ2v) is 7.02. The van der Waals surface area contributed by atoms with Gasteiger partial charge in [0.2, 0.25) is 0 Å². The van der Waals surface area contributed by atoms with Crippen molar-refractivity contribution < 1.29 is 18.0 Å². The Labute approximate surface area is 164 Å². The van der Waals surface area contributed by atoms with Crippen LogP contribution in [0.3, 0.4) is 0 Å². The number of carbonyl (C=O) groups is 1. The van der Waals surface area contributed by atoms with Crippen LogP contribution in [0.4, 0.5) is 18.9 Å². The molecule has 0 unspecified atom stereocenters. The second kappa shape index (κ2) is 7.52. The Kier molecular flexibility index (Phi) is 5.04. The fraction of sp³-hybridized carbons (Fsp3) is 0.471. The molecule has 156 valence electrons. The Bertz CT molecular complexity index is 895. The molecule has 0 radical (unpaired) electrons. The van der Waals surface area contributed by atoms with Gasteiger partial charge in [-0.2, -0.15) is 18.3 Å². The number of alkyl halides is 3. The van der Waals surface area contributed by atoms with Crippen LogP contribution >= 0.6 is 0 Å². The van der Waals surface area contributed by atoms with E-state index in [4.69, 9.17) is 0 Å². The molecule has 1 saturated heterocycles. The number of aromatic nitrogens is 2. The van der Waals surface area contributed by atoms with Gasteiger partial charge in [-0.3, -0.25) is 14.5 Å². The quantitative estimate of drug-likeness (QED) is 0.585. The SMILES string of the molecule is Cn1cc(NC(=O)C2=C3N=C(N[C@H]4CCCNC4)C=CN3NC2)c(C(F)(F)F)n1. The molecule has 3 aliphatic rings. The number of anilines is 1. The topological polar surface area (TPSA) is 98.6 Å². The van der Waals surface area contributed by atoms with Gasteiger partial charge in [0.15, 0.2) is 11.5 Å². The molecular formula is C17H21F3N8O. The van der Waals surface area contributed by atoms with Crippen molar-refractivity contribution in [1.82, 2.24) is 30.8 Å². The number of rotatable bonds is 3. The molecule has 0 aromatic carbocycles. The van der Waals surface area contributed by atoms with Gasteiger partial charge in [-0.25, -0.2) is 10.4 Å². The van der Waals surface area contributed by atoms with Crippen LogP contribution in [-0.2, 0) is 18.0 Å². The molecule has 9 nitrogen and oxygen atoms in total. The van der Waals surface area contributed by atoms with E-state index >= 15 is 0 Å². The fourth-order valence-corrected chi connectivity index (χ4v) is 3.44. The highest BCUT2D eigenvalue weighted by atomic mass is 19.4. The van der Waals surface area contributed by atoms with Gasteiger partial charge < -0.3 is 16.0 Å². The minimum Gasteiger partial charge on any atom is -0.366 e. The van der Waals surface area contributed by atoms with E-state index in [2.05, 4.69) is 31.5 Å². The molecule has 0 saturated carbocycles. The number of hydrogen-bond donors (Lipinski definition) is 4. The monoisotopic (exact) mass is 410 g/mol. The molecule has 1 amide bonds. The molecule has 4 N–H and O–H groups in total. The predicted octanol–water partition coefficient (Wildman–Crippen LogP) is 0.677. The van der Waals surface area contributed by atoms with E-state index in [9.17, 15) is 18.0 Å². The highest BCUT2D eigenvalue weighted by Crippen LogP contribution is 2.34. The second-order valence-electron chi connectivity index (χ2n) is 7.02. The van der Waals surface area contributed by atoms with Gasteiger partial charge in [0, 0.05) is 38.6 Å². The third-order valence-corrected chi connectivity index (χ3v) is 4.80. The molecule has 0 aliphatic carbocycles. The van der Waals surface area contributed by atoms with E-state index in [0.29, 0.717) is 11.7 Å². The summed E-state index contributed by atoms with van der Waals surface area (Å²) in [6, 6.07) is 0.232. The summed E-state index contributed by atoms with van der Waals surface area (Å²) in [5.74, 6) is 0.302. The largest absolute Gasteiger partial charge is 0.437 e. The summed E-state index contributed by atoms with van der Waals surface area (Å²) in [4.78, 5) is 17.2.